The van der Waals surface area contributed by atoms with E-state index in [1.807, 2.05) is 26.0 Å². The Bertz CT molecular complexity index is 584. The molecule has 0 aliphatic rings. The summed E-state index contributed by atoms with van der Waals surface area (Å²) in [5.41, 5.74) is 8.54. The van der Waals surface area contributed by atoms with E-state index in [2.05, 4.69) is 4.98 Å². The van der Waals surface area contributed by atoms with Crippen molar-refractivity contribution in [3.8, 4) is 5.75 Å². The zero-order valence-corrected chi connectivity index (χ0v) is 11.8. The summed E-state index contributed by atoms with van der Waals surface area (Å²) in [5, 5.41) is 0. The number of ether oxygens (including phenoxy) is 1. The zero-order chi connectivity index (χ0) is 14.5. The zero-order valence-electron chi connectivity index (χ0n) is 11.8. The number of aromatic nitrogens is 1. The summed E-state index contributed by atoms with van der Waals surface area (Å²) in [6.07, 6.45) is 4.08. The van der Waals surface area contributed by atoms with Crippen LogP contribution in [0.15, 0.2) is 36.7 Å². The van der Waals surface area contributed by atoms with Crippen LogP contribution in [0.1, 0.15) is 23.6 Å². The van der Waals surface area contributed by atoms with E-state index in [-0.39, 0.29) is 17.6 Å². The molecule has 0 aliphatic carbocycles. The predicted molar refractivity (Wildman–Crippen MR) is 77.1 cm³/mol. The molecule has 106 valence electrons. The van der Waals surface area contributed by atoms with E-state index in [9.17, 15) is 4.39 Å². The number of nitrogens with zero attached hydrogens (tertiary/aromatic N) is 1. The summed E-state index contributed by atoms with van der Waals surface area (Å²) >= 11 is 0. The predicted octanol–water partition coefficient (Wildman–Crippen LogP) is 3.00. The van der Waals surface area contributed by atoms with Crippen molar-refractivity contribution >= 4 is 0 Å². The van der Waals surface area contributed by atoms with Gasteiger partial charge in [-0.2, -0.15) is 0 Å². The van der Waals surface area contributed by atoms with Gasteiger partial charge in [0.05, 0.1) is 0 Å². The third-order valence-electron chi connectivity index (χ3n) is 2.91. The minimum Gasteiger partial charge on any atom is -0.485 e. The molecule has 1 atom stereocenters. The number of aryl methyl sites for hydroxylation is 1. The molecule has 0 amide bonds. The molecule has 20 heavy (non-hydrogen) atoms. The van der Waals surface area contributed by atoms with Crippen molar-refractivity contribution in [2.75, 3.05) is 0 Å². The van der Waals surface area contributed by atoms with Gasteiger partial charge in [-0.1, -0.05) is 12.1 Å². The van der Waals surface area contributed by atoms with Gasteiger partial charge in [-0.25, -0.2) is 4.39 Å². The van der Waals surface area contributed by atoms with Crippen LogP contribution in [0.5, 0.6) is 5.75 Å². The molecule has 1 aromatic heterocycles. The SMILES string of the molecule is Cc1cncc(COc2c(F)cccc2CC(C)N)c1. The van der Waals surface area contributed by atoms with Gasteiger partial charge >= 0.3 is 0 Å². The smallest absolute Gasteiger partial charge is 0.165 e. The lowest BCUT2D eigenvalue weighted by Crippen LogP contribution is -2.18. The molecule has 0 saturated heterocycles. The van der Waals surface area contributed by atoms with Crippen molar-refractivity contribution in [3.63, 3.8) is 0 Å². The number of halogens is 1. The Labute approximate surface area is 118 Å². The van der Waals surface area contributed by atoms with E-state index in [0.29, 0.717) is 13.0 Å². The molecule has 2 rings (SSSR count). The number of rotatable bonds is 5. The molecule has 0 aliphatic heterocycles. The van der Waals surface area contributed by atoms with Crippen molar-refractivity contribution in [2.24, 2.45) is 5.73 Å². The van der Waals surface area contributed by atoms with Crippen LogP contribution < -0.4 is 10.5 Å². The summed E-state index contributed by atoms with van der Waals surface area (Å²) in [4.78, 5) is 4.10. The first-order chi connectivity index (χ1) is 9.56. The highest BCUT2D eigenvalue weighted by Gasteiger charge is 2.11. The highest BCUT2D eigenvalue weighted by atomic mass is 19.1. The van der Waals surface area contributed by atoms with E-state index < -0.39 is 0 Å². The lowest BCUT2D eigenvalue weighted by molar-refractivity contribution is 0.286. The highest BCUT2D eigenvalue weighted by Crippen LogP contribution is 2.24. The van der Waals surface area contributed by atoms with E-state index in [1.165, 1.54) is 6.07 Å². The van der Waals surface area contributed by atoms with Crippen molar-refractivity contribution in [2.45, 2.75) is 32.9 Å². The minimum absolute atomic E-state index is 0.0419. The van der Waals surface area contributed by atoms with Gasteiger partial charge < -0.3 is 10.5 Å². The normalized spacial score (nSPS) is 12.2. The quantitative estimate of drug-likeness (QED) is 0.911. The van der Waals surface area contributed by atoms with Gasteiger partial charge in [0.15, 0.2) is 11.6 Å². The summed E-state index contributed by atoms with van der Waals surface area (Å²) < 4.78 is 19.5. The molecule has 1 heterocycles. The van der Waals surface area contributed by atoms with Gasteiger partial charge in [0.1, 0.15) is 6.61 Å². The Balaban J connectivity index is 2.16. The van der Waals surface area contributed by atoms with Crippen molar-refractivity contribution in [3.05, 3.63) is 59.2 Å². The van der Waals surface area contributed by atoms with Crippen molar-refractivity contribution in [1.29, 1.82) is 0 Å². The second kappa shape index (κ2) is 6.48. The Kier molecular flexibility index (Phi) is 4.69. The van der Waals surface area contributed by atoms with Gasteiger partial charge in [0.2, 0.25) is 0 Å². The Morgan fingerprint density at radius 3 is 2.85 bits per heavy atom. The average molecular weight is 274 g/mol. The summed E-state index contributed by atoms with van der Waals surface area (Å²) in [6, 6.07) is 6.85. The van der Waals surface area contributed by atoms with E-state index in [0.717, 1.165) is 16.7 Å². The number of hydrogen-bond donors (Lipinski definition) is 1. The summed E-state index contributed by atoms with van der Waals surface area (Å²) in [5.74, 6) is -0.0740. The second-order valence-corrected chi connectivity index (χ2v) is 5.07. The van der Waals surface area contributed by atoms with Gasteiger partial charge in [-0.05, 0) is 43.5 Å². The van der Waals surface area contributed by atoms with Crippen LogP contribution in [0.25, 0.3) is 0 Å². The molecule has 1 unspecified atom stereocenters. The third-order valence-corrected chi connectivity index (χ3v) is 2.91. The Hall–Kier alpha value is -1.94. The van der Waals surface area contributed by atoms with Gasteiger partial charge in [0.25, 0.3) is 0 Å². The van der Waals surface area contributed by atoms with Gasteiger partial charge in [0, 0.05) is 24.0 Å². The first-order valence-corrected chi connectivity index (χ1v) is 6.62. The van der Waals surface area contributed by atoms with Crippen LogP contribution in [-0.2, 0) is 13.0 Å². The van der Waals surface area contributed by atoms with Crippen LogP contribution in [0.3, 0.4) is 0 Å². The fraction of sp³-hybridized carbons (Fsp3) is 0.312. The molecule has 0 bridgehead atoms. The largest absolute Gasteiger partial charge is 0.485 e. The van der Waals surface area contributed by atoms with E-state index in [1.54, 1.807) is 18.5 Å². The number of nitrogens with two attached hydrogens (primary N) is 1. The first-order valence-electron chi connectivity index (χ1n) is 6.62. The minimum atomic E-state index is -0.358. The number of pyridine rings is 1. The van der Waals surface area contributed by atoms with Crippen molar-refractivity contribution in [1.82, 2.24) is 4.98 Å². The monoisotopic (exact) mass is 274 g/mol. The Morgan fingerprint density at radius 1 is 1.35 bits per heavy atom. The maximum Gasteiger partial charge on any atom is 0.165 e. The van der Waals surface area contributed by atoms with Crippen LogP contribution in [0.2, 0.25) is 0 Å². The standard InChI is InChI=1S/C16H19FN2O/c1-11-6-13(9-19-8-11)10-20-16-14(7-12(2)18)4-3-5-15(16)17/h3-6,8-9,12H,7,10,18H2,1-2H3. The highest BCUT2D eigenvalue weighted by molar-refractivity contribution is 5.35. The fourth-order valence-electron chi connectivity index (χ4n) is 2.07. The molecule has 4 heteroatoms. The fourth-order valence-corrected chi connectivity index (χ4v) is 2.07. The van der Waals surface area contributed by atoms with Gasteiger partial charge in [-0.3, -0.25) is 4.98 Å². The summed E-state index contributed by atoms with van der Waals surface area (Å²) in [6.45, 7) is 4.14. The molecule has 1 aromatic carbocycles. The molecular formula is C16H19FN2O. The third kappa shape index (κ3) is 3.78. The van der Waals surface area contributed by atoms with E-state index >= 15 is 0 Å². The van der Waals surface area contributed by atoms with Crippen LogP contribution >= 0.6 is 0 Å². The molecule has 0 spiro atoms. The van der Waals surface area contributed by atoms with Crippen LogP contribution in [-0.4, -0.2) is 11.0 Å². The molecule has 3 nitrogen and oxygen atoms in total. The molecule has 0 fully saturated rings. The molecular weight excluding hydrogens is 255 g/mol. The van der Waals surface area contributed by atoms with Crippen molar-refractivity contribution < 1.29 is 9.13 Å². The lowest BCUT2D eigenvalue weighted by atomic mass is 10.1. The van der Waals surface area contributed by atoms with Crippen LogP contribution in [0.4, 0.5) is 4.39 Å². The lowest BCUT2D eigenvalue weighted by Gasteiger charge is -2.14. The number of benzene rings is 1. The second-order valence-electron chi connectivity index (χ2n) is 5.07. The average Bonchev–Trinajstić information content (AvgIpc) is 2.37. The molecule has 0 radical (unpaired) electrons. The maximum atomic E-state index is 13.9. The molecule has 2 N–H and O–H groups in total. The van der Waals surface area contributed by atoms with Gasteiger partial charge in [-0.15, -0.1) is 0 Å². The first kappa shape index (κ1) is 14.5. The topological polar surface area (TPSA) is 48.1 Å². The summed E-state index contributed by atoms with van der Waals surface area (Å²) in [7, 11) is 0. The number of para-hydroxylation sites is 1. The molecule has 2 aromatic rings. The van der Waals surface area contributed by atoms with Crippen LogP contribution in [0, 0.1) is 12.7 Å². The Morgan fingerprint density at radius 2 is 2.15 bits per heavy atom. The maximum absolute atomic E-state index is 13.9. The number of hydrogen-bond acceptors (Lipinski definition) is 3. The molecule has 0 saturated carbocycles. The van der Waals surface area contributed by atoms with E-state index in [4.69, 9.17) is 10.5 Å².